The first kappa shape index (κ1) is 13.6. The number of allylic oxidation sites excluding steroid dienone is 2. The van der Waals surface area contributed by atoms with Gasteiger partial charge in [-0.3, -0.25) is 4.79 Å². The van der Waals surface area contributed by atoms with Gasteiger partial charge in [0.05, 0.1) is 4.86 Å². The molecule has 1 aliphatic carbocycles. The minimum atomic E-state index is -2.27. The summed E-state index contributed by atoms with van der Waals surface area (Å²) in [6, 6.07) is 0. The van der Waals surface area contributed by atoms with Crippen molar-refractivity contribution in [1.29, 1.82) is 0 Å². The van der Waals surface area contributed by atoms with Crippen LogP contribution >= 0.6 is 23.2 Å². The van der Waals surface area contributed by atoms with Crippen LogP contribution < -0.4 is 0 Å². The molecule has 0 N–H and O–H groups in total. The van der Waals surface area contributed by atoms with Gasteiger partial charge < -0.3 is 4.90 Å². The van der Waals surface area contributed by atoms with E-state index in [0.29, 0.717) is 24.4 Å². The highest BCUT2D eigenvalue weighted by Crippen LogP contribution is 2.34. The Morgan fingerprint density at radius 1 is 1.39 bits per heavy atom. The summed E-state index contributed by atoms with van der Waals surface area (Å²) in [6.07, 6.45) is 4.03. The number of halogens is 2. The molecule has 7 heteroatoms. The monoisotopic (exact) mass is 307 g/mol. The average molecular weight is 308 g/mol. The molecular formula is C11H11Cl2NO3S. The summed E-state index contributed by atoms with van der Waals surface area (Å²) in [5.74, 6) is 0.264. The van der Waals surface area contributed by atoms with Gasteiger partial charge in [-0.15, -0.1) is 23.2 Å². The molecule has 0 fully saturated rings. The molecule has 1 atom stereocenters. The lowest BCUT2D eigenvalue weighted by molar-refractivity contribution is -0.126. The van der Waals surface area contributed by atoms with Crippen molar-refractivity contribution in [3.63, 3.8) is 0 Å². The Balaban J connectivity index is 2.33. The predicted molar refractivity (Wildman–Crippen MR) is 71.4 cm³/mol. The fourth-order valence-electron chi connectivity index (χ4n) is 2.07. The third-order valence-electron chi connectivity index (χ3n) is 2.93. The van der Waals surface area contributed by atoms with Crippen molar-refractivity contribution in [3.05, 3.63) is 23.4 Å². The Hall–Kier alpha value is -0.780. The molecule has 1 aliphatic heterocycles. The number of nitrogens with zero attached hydrogens (tertiary/aromatic N) is 1. The number of carbonyl (C=O) groups is 1. The van der Waals surface area contributed by atoms with Crippen molar-refractivity contribution in [2.24, 2.45) is 0 Å². The van der Waals surface area contributed by atoms with E-state index in [1.807, 2.05) is 0 Å². The highest BCUT2D eigenvalue weighted by atomic mass is 35.5. The molecule has 2 rings (SSSR count). The summed E-state index contributed by atoms with van der Waals surface area (Å²) < 4.78 is 21.8. The normalized spacial score (nSPS) is 22.8. The molecule has 0 aromatic rings. The lowest BCUT2D eigenvalue weighted by Crippen LogP contribution is -2.29. The smallest absolute Gasteiger partial charge is 0.249 e. The summed E-state index contributed by atoms with van der Waals surface area (Å²) in [5.41, 5.74) is 1.39. The maximum absolute atomic E-state index is 12.0. The number of carbonyl (C=O) groups excluding carboxylic acids is 1. The molecule has 1 heterocycles. The maximum Gasteiger partial charge on any atom is 0.249 e. The summed E-state index contributed by atoms with van der Waals surface area (Å²) in [4.78, 5) is 13.8. The van der Waals surface area contributed by atoms with Crippen LogP contribution in [0.3, 0.4) is 0 Å². The zero-order valence-electron chi connectivity index (χ0n) is 9.40. The van der Waals surface area contributed by atoms with Gasteiger partial charge in [-0.25, -0.2) is 0 Å². The van der Waals surface area contributed by atoms with Crippen LogP contribution in [0.2, 0.25) is 0 Å². The second-order valence-corrected chi connectivity index (χ2v) is 5.82. The molecule has 0 aromatic carbocycles. The molecular weight excluding hydrogens is 297 g/mol. The number of alkyl halides is 2. The quantitative estimate of drug-likeness (QED) is 0.584. The molecule has 4 nitrogen and oxygen atoms in total. The minimum absolute atomic E-state index is 0.200. The Labute approximate surface area is 116 Å². The molecule has 18 heavy (non-hydrogen) atoms. The first-order chi connectivity index (χ1) is 8.56. The predicted octanol–water partition coefficient (Wildman–Crippen LogP) is 1.33. The highest BCUT2D eigenvalue weighted by molar-refractivity contribution is 7.73. The van der Waals surface area contributed by atoms with E-state index < -0.39 is 15.7 Å². The SMILES string of the molecule is O=C1C(Cl)C2=C(C=CC(=S(=O)=O)C2)N1CCCCl. The van der Waals surface area contributed by atoms with E-state index in [2.05, 4.69) is 0 Å². The van der Waals surface area contributed by atoms with Gasteiger partial charge in [0.15, 0.2) is 0 Å². The van der Waals surface area contributed by atoms with Crippen LogP contribution in [-0.4, -0.2) is 41.9 Å². The third-order valence-corrected chi connectivity index (χ3v) is 4.36. The van der Waals surface area contributed by atoms with E-state index in [-0.39, 0.29) is 17.2 Å². The van der Waals surface area contributed by atoms with Gasteiger partial charge in [0.1, 0.15) is 5.38 Å². The van der Waals surface area contributed by atoms with E-state index in [0.717, 1.165) is 5.70 Å². The van der Waals surface area contributed by atoms with Crippen LogP contribution in [0.4, 0.5) is 0 Å². The Morgan fingerprint density at radius 2 is 2.11 bits per heavy atom. The maximum atomic E-state index is 12.0. The molecule has 0 radical (unpaired) electrons. The first-order valence-corrected chi connectivity index (χ1v) is 7.48. The summed E-state index contributed by atoms with van der Waals surface area (Å²) in [6.45, 7) is 0.504. The number of hydrogen-bond acceptors (Lipinski definition) is 3. The van der Waals surface area contributed by atoms with Crippen molar-refractivity contribution >= 4 is 44.3 Å². The number of rotatable bonds is 3. The van der Waals surface area contributed by atoms with Crippen LogP contribution in [0.25, 0.3) is 0 Å². The molecule has 2 aliphatic rings. The van der Waals surface area contributed by atoms with Crippen molar-refractivity contribution < 1.29 is 13.2 Å². The standard InChI is InChI=1S/C11H11Cl2NO3S/c12-4-1-5-14-9-3-2-7(18(16)17)6-8(9)10(13)11(14)15/h2-3,10H,1,4-6H2. The second kappa shape index (κ2) is 5.47. The van der Waals surface area contributed by atoms with Gasteiger partial charge in [0.2, 0.25) is 16.2 Å². The fraction of sp³-hybridized carbons (Fsp3) is 0.455. The van der Waals surface area contributed by atoms with Crippen LogP contribution in [0, 0.1) is 0 Å². The van der Waals surface area contributed by atoms with Crippen LogP contribution in [0.1, 0.15) is 12.8 Å². The van der Waals surface area contributed by atoms with Crippen LogP contribution in [0.15, 0.2) is 23.4 Å². The molecule has 0 spiro atoms. The minimum Gasteiger partial charge on any atom is -0.311 e. The Morgan fingerprint density at radius 3 is 2.72 bits per heavy atom. The molecule has 1 unspecified atom stereocenters. The van der Waals surface area contributed by atoms with E-state index in [4.69, 9.17) is 23.2 Å². The lowest BCUT2D eigenvalue weighted by Gasteiger charge is -2.19. The van der Waals surface area contributed by atoms with Gasteiger partial charge in [-0.2, -0.15) is 8.42 Å². The topological polar surface area (TPSA) is 54.5 Å². The van der Waals surface area contributed by atoms with Crippen LogP contribution in [0.5, 0.6) is 0 Å². The van der Waals surface area contributed by atoms with Crippen molar-refractivity contribution in [2.75, 3.05) is 12.4 Å². The lowest BCUT2D eigenvalue weighted by atomic mass is 10.0. The summed E-state index contributed by atoms with van der Waals surface area (Å²) >= 11 is 11.7. The molecule has 0 bridgehead atoms. The van der Waals surface area contributed by atoms with E-state index >= 15 is 0 Å². The molecule has 0 aromatic heterocycles. The zero-order chi connectivity index (χ0) is 13.3. The van der Waals surface area contributed by atoms with Gasteiger partial charge in [-0.05, 0) is 24.1 Å². The number of hydrogen-bond donors (Lipinski definition) is 0. The zero-order valence-corrected chi connectivity index (χ0v) is 11.7. The average Bonchev–Trinajstić information content (AvgIpc) is 2.60. The third kappa shape index (κ3) is 2.35. The van der Waals surface area contributed by atoms with E-state index in [1.54, 1.807) is 11.0 Å². The second-order valence-electron chi connectivity index (χ2n) is 4.02. The van der Waals surface area contributed by atoms with Gasteiger partial charge in [0.25, 0.3) is 0 Å². The van der Waals surface area contributed by atoms with Gasteiger partial charge >= 0.3 is 0 Å². The first-order valence-electron chi connectivity index (χ1n) is 5.44. The van der Waals surface area contributed by atoms with Crippen molar-refractivity contribution in [1.82, 2.24) is 4.90 Å². The number of amides is 1. The Kier molecular flexibility index (Phi) is 4.14. The van der Waals surface area contributed by atoms with Crippen molar-refractivity contribution in [2.45, 2.75) is 18.2 Å². The molecule has 98 valence electrons. The van der Waals surface area contributed by atoms with Gasteiger partial charge in [-0.1, -0.05) is 0 Å². The fourth-order valence-corrected chi connectivity index (χ4v) is 2.95. The van der Waals surface area contributed by atoms with E-state index in [9.17, 15) is 13.2 Å². The van der Waals surface area contributed by atoms with E-state index in [1.165, 1.54) is 6.08 Å². The van der Waals surface area contributed by atoms with Crippen molar-refractivity contribution in [3.8, 4) is 0 Å². The highest BCUT2D eigenvalue weighted by Gasteiger charge is 2.38. The molecule has 0 saturated heterocycles. The Bertz CT molecular complexity index is 569. The largest absolute Gasteiger partial charge is 0.311 e. The molecule has 0 saturated carbocycles. The summed E-state index contributed by atoms with van der Waals surface area (Å²) in [5, 5.41) is -0.765. The van der Waals surface area contributed by atoms with Gasteiger partial charge in [0, 0.05) is 24.5 Å². The molecule has 1 amide bonds. The summed E-state index contributed by atoms with van der Waals surface area (Å²) in [7, 11) is -2.27. The van der Waals surface area contributed by atoms with Crippen LogP contribution in [-0.2, 0) is 15.1 Å².